The van der Waals surface area contributed by atoms with E-state index in [2.05, 4.69) is 10.3 Å². The van der Waals surface area contributed by atoms with E-state index in [-0.39, 0.29) is 6.10 Å². The highest BCUT2D eigenvalue weighted by atomic mass is 32.2. The second-order valence-corrected chi connectivity index (χ2v) is 11.3. The molecule has 8 nitrogen and oxygen atoms in total. The molecule has 1 aliphatic heterocycles. The van der Waals surface area contributed by atoms with Gasteiger partial charge in [-0.15, -0.1) is 0 Å². The molecular weight excluding hydrogens is 592 g/mol. The number of halogens is 6. The zero-order valence-electron chi connectivity index (χ0n) is 21.6. The molecule has 3 aromatic rings. The highest BCUT2D eigenvalue weighted by Crippen LogP contribution is 2.39. The minimum Gasteiger partial charge on any atom is -0.489 e. The van der Waals surface area contributed by atoms with E-state index in [1.807, 2.05) is 6.07 Å². The summed E-state index contributed by atoms with van der Waals surface area (Å²) >= 11 is 0. The Bertz CT molecular complexity index is 1490. The third-order valence-corrected chi connectivity index (χ3v) is 7.88. The van der Waals surface area contributed by atoms with Gasteiger partial charge in [-0.1, -0.05) is 24.3 Å². The third kappa shape index (κ3) is 7.57. The van der Waals surface area contributed by atoms with E-state index in [1.165, 1.54) is 12.1 Å². The van der Waals surface area contributed by atoms with Crippen LogP contribution in [0, 0.1) is 5.92 Å². The van der Waals surface area contributed by atoms with Gasteiger partial charge in [-0.05, 0) is 59.9 Å². The van der Waals surface area contributed by atoms with Gasteiger partial charge in [0.25, 0.3) is 15.9 Å². The number of hydrogen-bond donors (Lipinski definition) is 3. The largest absolute Gasteiger partial charge is 0.489 e. The zero-order chi connectivity index (χ0) is 30.7. The third-order valence-electron chi connectivity index (χ3n) is 6.52. The fourth-order valence-corrected chi connectivity index (χ4v) is 5.39. The Kier molecular flexibility index (Phi) is 9.13. The molecule has 1 amide bonds. The van der Waals surface area contributed by atoms with Crippen LogP contribution in [0.25, 0.3) is 11.1 Å². The van der Waals surface area contributed by atoms with Crippen LogP contribution < -0.4 is 14.8 Å². The summed E-state index contributed by atoms with van der Waals surface area (Å²) in [6.45, 7) is 0.815. The lowest BCUT2D eigenvalue weighted by atomic mass is 9.97. The average Bonchev–Trinajstić information content (AvgIpc) is 2.91. The van der Waals surface area contributed by atoms with Crippen LogP contribution in [-0.4, -0.2) is 56.0 Å². The lowest BCUT2D eigenvalue weighted by molar-refractivity contribution is -0.273. The number of nitrogens with zero attached hydrogens (tertiary/aromatic N) is 1. The molecule has 0 saturated heterocycles. The Balaban J connectivity index is 1.37. The Morgan fingerprint density at radius 2 is 1.69 bits per heavy atom. The highest BCUT2D eigenvalue weighted by Gasteiger charge is 2.61. The number of alkyl halides is 6. The summed E-state index contributed by atoms with van der Waals surface area (Å²) in [5, 5.41) is 13.4. The Labute approximate surface area is 236 Å². The van der Waals surface area contributed by atoms with E-state index in [1.54, 1.807) is 36.7 Å². The fourth-order valence-electron chi connectivity index (χ4n) is 4.40. The van der Waals surface area contributed by atoms with Crippen LogP contribution >= 0.6 is 0 Å². The molecule has 0 bridgehead atoms. The molecule has 0 radical (unpaired) electrons. The number of amides is 1. The van der Waals surface area contributed by atoms with Crippen LogP contribution in [-0.2, 0) is 21.2 Å². The van der Waals surface area contributed by atoms with Gasteiger partial charge in [-0.2, -0.15) is 26.3 Å². The molecule has 2 heterocycles. The maximum absolute atomic E-state index is 12.8. The maximum Gasteiger partial charge on any atom is 0.409 e. The molecular formula is C27H25F6N3O5S. The first-order chi connectivity index (χ1) is 19.6. The van der Waals surface area contributed by atoms with Crippen LogP contribution in [0.1, 0.15) is 23.7 Å². The normalized spacial score (nSPS) is 16.4. The van der Waals surface area contributed by atoms with Crippen molar-refractivity contribution in [1.29, 1.82) is 0 Å². The van der Waals surface area contributed by atoms with Crippen molar-refractivity contribution in [3.63, 3.8) is 0 Å². The smallest absolute Gasteiger partial charge is 0.409 e. The summed E-state index contributed by atoms with van der Waals surface area (Å²) < 4.78 is 108. The molecule has 2 atom stereocenters. The first kappa shape index (κ1) is 31.3. The summed E-state index contributed by atoms with van der Waals surface area (Å²) in [6, 6.07) is 13.4. The Morgan fingerprint density at radius 1 is 1.02 bits per heavy atom. The molecule has 0 aliphatic carbocycles. The molecule has 1 aliphatic rings. The van der Waals surface area contributed by atoms with Gasteiger partial charge in [0, 0.05) is 31.0 Å². The van der Waals surface area contributed by atoms with Crippen LogP contribution in [0.3, 0.4) is 0 Å². The van der Waals surface area contributed by atoms with Crippen molar-refractivity contribution in [1.82, 2.24) is 15.0 Å². The van der Waals surface area contributed by atoms with Gasteiger partial charge < -0.3 is 15.2 Å². The van der Waals surface area contributed by atoms with Crippen LogP contribution in [0.15, 0.2) is 71.9 Å². The van der Waals surface area contributed by atoms with Gasteiger partial charge in [0.2, 0.25) is 5.92 Å². The average molecular weight is 618 g/mol. The fraction of sp³-hybridized carbons (Fsp3) is 0.333. The molecule has 0 spiro atoms. The number of sulfonamides is 1. The van der Waals surface area contributed by atoms with Gasteiger partial charge in [-0.25, -0.2) is 13.1 Å². The minimum atomic E-state index is -6.03. The predicted molar refractivity (Wildman–Crippen MR) is 138 cm³/mol. The zero-order valence-corrected chi connectivity index (χ0v) is 22.4. The summed E-state index contributed by atoms with van der Waals surface area (Å²) in [4.78, 5) is 15.0. The van der Waals surface area contributed by atoms with E-state index in [9.17, 15) is 44.7 Å². The number of benzene rings is 2. The van der Waals surface area contributed by atoms with E-state index in [0.717, 1.165) is 22.4 Å². The van der Waals surface area contributed by atoms with Crippen molar-refractivity contribution in [2.24, 2.45) is 5.92 Å². The number of nitrogens with one attached hydrogen (secondary N) is 2. The quantitative estimate of drug-likeness (QED) is 0.307. The van der Waals surface area contributed by atoms with Gasteiger partial charge in [-0.3, -0.25) is 9.78 Å². The maximum atomic E-state index is 12.8. The number of carbonyl (C=O) groups excluding carboxylic acids is 1. The van der Waals surface area contributed by atoms with Gasteiger partial charge >= 0.3 is 12.4 Å². The van der Waals surface area contributed by atoms with Crippen LogP contribution in [0.2, 0.25) is 0 Å². The van der Waals surface area contributed by atoms with Gasteiger partial charge in [0.05, 0.1) is 11.0 Å². The number of hydrogen-bond acceptors (Lipinski definition) is 7. The van der Waals surface area contributed by atoms with E-state index in [0.29, 0.717) is 48.4 Å². The number of fused-ring (bicyclic) bond motifs is 1. The van der Waals surface area contributed by atoms with Crippen molar-refractivity contribution in [3.8, 4) is 16.9 Å². The number of aliphatic hydroxyl groups excluding tert-OH is 1. The number of aliphatic hydroxyl groups is 1. The Hall–Kier alpha value is -3.69. The Morgan fingerprint density at radius 3 is 2.31 bits per heavy atom. The SMILES string of the molecule is O=C(NS(=O)(=O)c1ccc(-c2ccc3c(c2)CCC(CNCC(O)c2cccnc2)O3)cc1)C(C(F)(F)F)C(F)(F)F. The summed E-state index contributed by atoms with van der Waals surface area (Å²) in [5.41, 5.74) is 2.75. The lowest BCUT2D eigenvalue weighted by Crippen LogP contribution is -2.49. The first-order valence-corrected chi connectivity index (χ1v) is 14.0. The summed E-state index contributed by atoms with van der Waals surface area (Å²) in [6.07, 6.45) is -8.36. The molecule has 1 aromatic heterocycles. The number of pyridine rings is 1. The predicted octanol–water partition coefficient (Wildman–Crippen LogP) is 4.31. The molecule has 42 heavy (non-hydrogen) atoms. The molecule has 226 valence electrons. The van der Waals surface area contributed by atoms with Crippen molar-refractivity contribution < 1.29 is 49.4 Å². The standard InChI is InChI=1S/C27H25F6N3O5S/c28-26(29,30)24(27(31,32)33)25(38)36-42(39,40)21-8-4-16(5-9-21)17-6-10-23-18(12-17)3-7-20(41-23)14-35-15-22(37)19-2-1-11-34-13-19/h1-2,4-6,8-13,20,22,24,35,37H,3,7,14-15H2,(H,36,38). The van der Waals surface area contributed by atoms with Crippen molar-refractivity contribution in [2.45, 2.75) is 42.3 Å². The monoisotopic (exact) mass is 617 g/mol. The molecule has 2 unspecified atom stereocenters. The molecule has 3 N–H and O–H groups in total. The highest BCUT2D eigenvalue weighted by molar-refractivity contribution is 7.90. The number of rotatable bonds is 9. The molecule has 0 fully saturated rings. The number of aromatic nitrogens is 1. The van der Waals surface area contributed by atoms with Gasteiger partial charge in [0.1, 0.15) is 11.9 Å². The van der Waals surface area contributed by atoms with E-state index >= 15 is 0 Å². The lowest BCUT2D eigenvalue weighted by Gasteiger charge is -2.27. The van der Waals surface area contributed by atoms with Crippen molar-refractivity contribution in [3.05, 3.63) is 78.1 Å². The first-order valence-electron chi connectivity index (χ1n) is 12.5. The molecule has 0 saturated carbocycles. The van der Waals surface area contributed by atoms with Crippen molar-refractivity contribution >= 4 is 15.9 Å². The van der Waals surface area contributed by atoms with Crippen molar-refractivity contribution in [2.75, 3.05) is 13.1 Å². The summed E-state index contributed by atoms with van der Waals surface area (Å²) in [7, 11) is -5.02. The van der Waals surface area contributed by atoms with Gasteiger partial charge in [0.15, 0.2) is 0 Å². The number of aryl methyl sites for hydroxylation is 1. The van der Waals surface area contributed by atoms with Crippen LogP contribution in [0.5, 0.6) is 5.75 Å². The van der Waals surface area contributed by atoms with E-state index < -0.39 is 45.2 Å². The minimum absolute atomic E-state index is 0.140. The number of ether oxygens (including phenoxy) is 1. The summed E-state index contributed by atoms with van der Waals surface area (Å²) in [5.74, 6) is -6.59. The molecule has 2 aromatic carbocycles. The number of carbonyl (C=O) groups is 1. The second-order valence-electron chi connectivity index (χ2n) is 9.57. The molecule has 4 rings (SSSR count). The van der Waals surface area contributed by atoms with E-state index in [4.69, 9.17) is 4.74 Å². The second kappa shape index (κ2) is 12.3. The van der Waals surface area contributed by atoms with Crippen LogP contribution in [0.4, 0.5) is 26.3 Å². The topological polar surface area (TPSA) is 118 Å². The molecule has 15 heteroatoms.